The van der Waals surface area contributed by atoms with E-state index in [4.69, 9.17) is 19.5 Å². The van der Waals surface area contributed by atoms with Gasteiger partial charge in [0.25, 0.3) is 0 Å². The number of amides is 1. The fourth-order valence-corrected chi connectivity index (χ4v) is 2.85. The summed E-state index contributed by atoms with van der Waals surface area (Å²) < 4.78 is 16.7. The summed E-state index contributed by atoms with van der Waals surface area (Å²) in [6.07, 6.45) is 1.87. The molecule has 1 fully saturated rings. The van der Waals surface area contributed by atoms with E-state index in [1.165, 1.54) is 0 Å². The molecule has 1 heterocycles. The van der Waals surface area contributed by atoms with Crippen molar-refractivity contribution in [3.8, 4) is 17.6 Å². The number of hydrogen-bond acceptors (Lipinski definition) is 5. The molecular formula is C20H28N2O4. The van der Waals surface area contributed by atoms with E-state index in [1.54, 1.807) is 12.0 Å². The van der Waals surface area contributed by atoms with E-state index in [0.717, 1.165) is 18.4 Å². The van der Waals surface area contributed by atoms with Crippen LogP contribution in [-0.2, 0) is 11.2 Å². The summed E-state index contributed by atoms with van der Waals surface area (Å²) in [5.74, 6) is 1.71. The number of nitriles is 1. The second-order valence-corrected chi connectivity index (χ2v) is 7.54. The zero-order chi connectivity index (χ0) is 19.2. The average Bonchev–Trinajstić information content (AvgIpc) is 2.59. The summed E-state index contributed by atoms with van der Waals surface area (Å²) in [6, 6.07) is 7.69. The normalized spacial score (nSPS) is 15.3. The van der Waals surface area contributed by atoms with E-state index in [2.05, 4.69) is 6.07 Å². The molecule has 6 nitrogen and oxygen atoms in total. The quantitative estimate of drug-likeness (QED) is 0.799. The van der Waals surface area contributed by atoms with Gasteiger partial charge in [-0.2, -0.15) is 5.26 Å². The minimum absolute atomic E-state index is 0.244. The molecule has 1 aromatic rings. The Hall–Kier alpha value is -2.42. The molecule has 0 radical (unpaired) electrons. The second kappa shape index (κ2) is 8.79. The van der Waals surface area contributed by atoms with Crippen LogP contribution < -0.4 is 9.47 Å². The van der Waals surface area contributed by atoms with E-state index in [0.29, 0.717) is 43.5 Å². The van der Waals surface area contributed by atoms with Crippen molar-refractivity contribution in [2.45, 2.75) is 45.6 Å². The molecule has 0 atom stereocenters. The third-order valence-corrected chi connectivity index (χ3v) is 4.25. The van der Waals surface area contributed by atoms with Crippen LogP contribution in [0.5, 0.6) is 11.5 Å². The maximum Gasteiger partial charge on any atom is 0.410 e. The summed E-state index contributed by atoms with van der Waals surface area (Å²) in [5.41, 5.74) is 0.438. The monoisotopic (exact) mass is 360 g/mol. The minimum atomic E-state index is -0.467. The molecule has 0 aromatic heterocycles. The number of nitrogens with zero attached hydrogens (tertiary/aromatic N) is 2. The Morgan fingerprint density at radius 1 is 1.27 bits per heavy atom. The van der Waals surface area contributed by atoms with Gasteiger partial charge < -0.3 is 19.1 Å². The van der Waals surface area contributed by atoms with Crippen molar-refractivity contribution in [2.24, 2.45) is 5.92 Å². The van der Waals surface area contributed by atoms with Crippen molar-refractivity contribution in [1.82, 2.24) is 4.90 Å². The Bertz CT molecular complexity index is 653. The lowest BCUT2D eigenvalue weighted by atomic mass is 9.98. The molecule has 0 N–H and O–H groups in total. The third kappa shape index (κ3) is 5.83. The fraction of sp³-hybridized carbons (Fsp3) is 0.600. The summed E-state index contributed by atoms with van der Waals surface area (Å²) >= 11 is 0. The highest BCUT2D eigenvalue weighted by Crippen LogP contribution is 2.29. The summed E-state index contributed by atoms with van der Waals surface area (Å²) in [7, 11) is 1.59. The van der Waals surface area contributed by atoms with Crippen molar-refractivity contribution < 1.29 is 19.0 Å². The zero-order valence-electron chi connectivity index (χ0n) is 16.1. The van der Waals surface area contributed by atoms with E-state index in [1.807, 2.05) is 39.0 Å². The molecule has 1 saturated heterocycles. The predicted molar refractivity (Wildman–Crippen MR) is 98.3 cm³/mol. The van der Waals surface area contributed by atoms with Crippen LogP contribution in [0.3, 0.4) is 0 Å². The van der Waals surface area contributed by atoms with Gasteiger partial charge in [-0.25, -0.2) is 4.79 Å². The SMILES string of the molecule is COc1cc(CC#N)ccc1OCC1CCN(C(=O)OC(C)(C)C)CC1. The lowest BCUT2D eigenvalue weighted by molar-refractivity contribution is 0.0164. The highest BCUT2D eigenvalue weighted by Gasteiger charge is 2.27. The minimum Gasteiger partial charge on any atom is -0.493 e. The molecule has 142 valence electrons. The molecule has 0 spiro atoms. The highest BCUT2D eigenvalue weighted by molar-refractivity contribution is 5.68. The number of benzene rings is 1. The van der Waals surface area contributed by atoms with Gasteiger partial charge in [-0.15, -0.1) is 0 Å². The first-order valence-corrected chi connectivity index (χ1v) is 8.97. The van der Waals surface area contributed by atoms with Gasteiger partial charge in [-0.1, -0.05) is 6.07 Å². The first kappa shape index (κ1) is 19.9. The molecule has 1 aliphatic rings. The van der Waals surface area contributed by atoms with Crippen molar-refractivity contribution in [1.29, 1.82) is 5.26 Å². The van der Waals surface area contributed by atoms with E-state index < -0.39 is 5.60 Å². The van der Waals surface area contributed by atoms with Gasteiger partial charge in [0.1, 0.15) is 5.60 Å². The van der Waals surface area contributed by atoms with Crippen molar-refractivity contribution >= 4 is 6.09 Å². The number of carbonyl (C=O) groups excluding carboxylic acids is 1. The number of carbonyl (C=O) groups is 1. The summed E-state index contributed by atoms with van der Waals surface area (Å²) in [5, 5.41) is 8.79. The lowest BCUT2D eigenvalue weighted by Gasteiger charge is -2.33. The maximum atomic E-state index is 12.1. The Morgan fingerprint density at radius 2 is 1.96 bits per heavy atom. The van der Waals surface area contributed by atoms with E-state index in [9.17, 15) is 4.79 Å². The van der Waals surface area contributed by atoms with Crippen LogP contribution in [0.4, 0.5) is 4.79 Å². The standard InChI is InChI=1S/C20H28N2O4/c1-20(2,3)26-19(23)22-11-8-16(9-12-22)14-25-17-6-5-15(7-10-21)13-18(17)24-4/h5-6,13,16H,7-9,11-12,14H2,1-4H3. The molecular weight excluding hydrogens is 332 g/mol. The number of ether oxygens (including phenoxy) is 3. The first-order valence-electron chi connectivity index (χ1n) is 8.97. The van der Waals surface area contributed by atoms with Crippen LogP contribution in [-0.4, -0.2) is 43.4 Å². The van der Waals surface area contributed by atoms with Gasteiger partial charge in [0.15, 0.2) is 11.5 Å². The molecule has 0 unspecified atom stereocenters. The summed E-state index contributed by atoms with van der Waals surface area (Å²) in [4.78, 5) is 13.9. The molecule has 6 heteroatoms. The molecule has 0 saturated carbocycles. The number of piperidine rings is 1. The molecule has 0 aliphatic carbocycles. The maximum absolute atomic E-state index is 12.1. The molecule has 1 aromatic carbocycles. The number of hydrogen-bond donors (Lipinski definition) is 0. The van der Waals surface area contributed by atoms with Gasteiger partial charge >= 0.3 is 6.09 Å². The van der Waals surface area contributed by atoms with Crippen LogP contribution in [0, 0.1) is 17.2 Å². The Morgan fingerprint density at radius 3 is 2.54 bits per heavy atom. The van der Waals surface area contributed by atoms with Gasteiger partial charge in [0, 0.05) is 13.1 Å². The molecule has 0 bridgehead atoms. The summed E-state index contributed by atoms with van der Waals surface area (Å²) in [6.45, 7) is 7.57. The van der Waals surface area contributed by atoms with Crippen LogP contribution >= 0.6 is 0 Å². The van der Waals surface area contributed by atoms with Crippen molar-refractivity contribution in [2.75, 3.05) is 26.8 Å². The highest BCUT2D eigenvalue weighted by atomic mass is 16.6. The smallest absolute Gasteiger partial charge is 0.410 e. The largest absolute Gasteiger partial charge is 0.493 e. The predicted octanol–water partition coefficient (Wildman–Crippen LogP) is 3.79. The van der Waals surface area contributed by atoms with Crippen LogP contribution in [0.25, 0.3) is 0 Å². The number of methoxy groups -OCH3 is 1. The fourth-order valence-electron chi connectivity index (χ4n) is 2.85. The van der Waals surface area contributed by atoms with Gasteiger partial charge in [0.2, 0.25) is 0 Å². The van der Waals surface area contributed by atoms with Crippen LogP contribution in [0.2, 0.25) is 0 Å². The first-order chi connectivity index (χ1) is 12.3. The van der Waals surface area contributed by atoms with Crippen molar-refractivity contribution in [3.05, 3.63) is 23.8 Å². The van der Waals surface area contributed by atoms with E-state index >= 15 is 0 Å². The lowest BCUT2D eigenvalue weighted by Crippen LogP contribution is -2.42. The van der Waals surface area contributed by atoms with Gasteiger partial charge in [0.05, 0.1) is 26.2 Å². The molecule has 26 heavy (non-hydrogen) atoms. The van der Waals surface area contributed by atoms with Crippen LogP contribution in [0.1, 0.15) is 39.2 Å². The molecule has 1 aliphatic heterocycles. The van der Waals surface area contributed by atoms with E-state index in [-0.39, 0.29) is 6.09 Å². The van der Waals surface area contributed by atoms with Crippen molar-refractivity contribution in [3.63, 3.8) is 0 Å². The number of rotatable bonds is 5. The second-order valence-electron chi connectivity index (χ2n) is 7.54. The average molecular weight is 360 g/mol. The third-order valence-electron chi connectivity index (χ3n) is 4.25. The zero-order valence-corrected chi connectivity index (χ0v) is 16.1. The Balaban J connectivity index is 1.83. The van der Waals surface area contributed by atoms with Gasteiger partial charge in [-0.05, 0) is 57.2 Å². The molecule has 2 rings (SSSR count). The topological polar surface area (TPSA) is 71.8 Å². The number of likely N-dealkylation sites (tertiary alicyclic amines) is 1. The van der Waals surface area contributed by atoms with Gasteiger partial charge in [-0.3, -0.25) is 0 Å². The Kier molecular flexibility index (Phi) is 6.73. The molecule has 1 amide bonds. The van der Waals surface area contributed by atoms with Crippen LogP contribution in [0.15, 0.2) is 18.2 Å². The Labute approximate surface area is 155 Å².